The highest BCUT2D eigenvalue weighted by Gasteiger charge is 2.08. The molecular formula is C10H15N5O. The maximum absolute atomic E-state index is 8.94. The molecule has 0 bridgehead atoms. The van der Waals surface area contributed by atoms with Gasteiger partial charge in [0.25, 0.3) is 0 Å². The maximum atomic E-state index is 8.94. The number of rotatable bonds is 4. The van der Waals surface area contributed by atoms with Crippen molar-refractivity contribution in [2.24, 2.45) is 13.0 Å². The third-order valence-corrected chi connectivity index (χ3v) is 2.46. The van der Waals surface area contributed by atoms with Crippen LogP contribution < -0.4 is 5.32 Å². The molecule has 0 aliphatic heterocycles. The Morgan fingerprint density at radius 2 is 2.31 bits per heavy atom. The summed E-state index contributed by atoms with van der Waals surface area (Å²) in [6.07, 6.45) is 3.25. The number of aliphatic hydroxyl groups is 1. The summed E-state index contributed by atoms with van der Waals surface area (Å²) in [6, 6.07) is 0. The topological polar surface area (TPSA) is 75.9 Å². The molecule has 16 heavy (non-hydrogen) atoms. The van der Waals surface area contributed by atoms with E-state index in [4.69, 9.17) is 5.11 Å². The van der Waals surface area contributed by atoms with Crippen molar-refractivity contribution < 1.29 is 5.11 Å². The Kier molecular flexibility index (Phi) is 3.00. The van der Waals surface area contributed by atoms with Gasteiger partial charge < -0.3 is 10.4 Å². The first-order valence-corrected chi connectivity index (χ1v) is 5.19. The number of hydrogen-bond acceptors (Lipinski definition) is 5. The molecule has 6 nitrogen and oxygen atoms in total. The van der Waals surface area contributed by atoms with Crippen LogP contribution in [0.5, 0.6) is 0 Å². The van der Waals surface area contributed by atoms with Gasteiger partial charge >= 0.3 is 0 Å². The van der Waals surface area contributed by atoms with Crippen molar-refractivity contribution in [2.75, 3.05) is 18.5 Å². The number of nitrogens with one attached hydrogen (secondary N) is 1. The second kappa shape index (κ2) is 4.44. The van der Waals surface area contributed by atoms with Gasteiger partial charge in [0.15, 0.2) is 5.65 Å². The normalized spacial score (nSPS) is 12.9. The zero-order valence-corrected chi connectivity index (χ0v) is 9.38. The first-order valence-electron chi connectivity index (χ1n) is 5.19. The number of aryl methyl sites for hydroxylation is 1. The van der Waals surface area contributed by atoms with Crippen LogP contribution in [0.4, 0.5) is 5.82 Å². The molecular weight excluding hydrogens is 206 g/mol. The molecule has 0 saturated carbocycles. The van der Waals surface area contributed by atoms with E-state index >= 15 is 0 Å². The zero-order chi connectivity index (χ0) is 11.5. The molecule has 2 N–H and O–H groups in total. The van der Waals surface area contributed by atoms with Gasteiger partial charge in [-0.05, 0) is 5.92 Å². The van der Waals surface area contributed by atoms with Crippen LogP contribution in [0.15, 0.2) is 12.5 Å². The summed E-state index contributed by atoms with van der Waals surface area (Å²) in [5, 5.41) is 17.2. The van der Waals surface area contributed by atoms with Gasteiger partial charge in [0.1, 0.15) is 12.1 Å². The highest BCUT2D eigenvalue weighted by molar-refractivity contribution is 5.85. The molecule has 0 saturated heterocycles. The summed E-state index contributed by atoms with van der Waals surface area (Å²) in [6.45, 7) is 2.81. The zero-order valence-electron chi connectivity index (χ0n) is 9.38. The van der Waals surface area contributed by atoms with Crippen LogP contribution in [0, 0.1) is 5.92 Å². The summed E-state index contributed by atoms with van der Waals surface area (Å²) >= 11 is 0. The summed E-state index contributed by atoms with van der Waals surface area (Å²) in [4.78, 5) is 8.32. The van der Waals surface area contributed by atoms with Crippen molar-refractivity contribution in [1.82, 2.24) is 19.7 Å². The fourth-order valence-electron chi connectivity index (χ4n) is 1.44. The van der Waals surface area contributed by atoms with Gasteiger partial charge in [0.2, 0.25) is 0 Å². The number of fused-ring (bicyclic) bond motifs is 1. The second-order valence-electron chi connectivity index (χ2n) is 3.90. The standard InChI is InChI=1S/C10H15N5O/c1-7(5-16)3-11-9-8-4-14-15(2)10(8)13-6-12-9/h4,6-7,16H,3,5H2,1-2H3,(H,11,12,13). The SMILES string of the molecule is CC(CO)CNc1ncnc2c1cnn2C. The molecule has 2 rings (SSSR count). The number of aromatic nitrogens is 4. The lowest BCUT2D eigenvalue weighted by molar-refractivity contribution is 0.244. The molecule has 0 aromatic carbocycles. The van der Waals surface area contributed by atoms with E-state index in [-0.39, 0.29) is 12.5 Å². The van der Waals surface area contributed by atoms with Crippen LogP contribution in [0.3, 0.4) is 0 Å². The fourth-order valence-corrected chi connectivity index (χ4v) is 1.44. The van der Waals surface area contributed by atoms with Crippen LogP contribution in [0.1, 0.15) is 6.92 Å². The minimum atomic E-state index is 0.161. The molecule has 2 aromatic heterocycles. The third kappa shape index (κ3) is 1.96. The van der Waals surface area contributed by atoms with E-state index in [1.54, 1.807) is 10.9 Å². The second-order valence-corrected chi connectivity index (χ2v) is 3.90. The van der Waals surface area contributed by atoms with E-state index in [0.717, 1.165) is 16.9 Å². The molecule has 1 unspecified atom stereocenters. The number of hydrogen-bond donors (Lipinski definition) is 2. The summed E-state index contributed by atoms with van der Waals surface area (Å²) < 4.78 is 1.71. The minimum Gasteiger partial charge on any atom is -0.396 e. The molecule has 1 atom stereocenters. The van der Waals surface area contributed by atoms with Crippen LogP contribution in [0.25, 0.3) is 11.0 Å². The summed E-state index contributed by atoms with van der Waals surface area (Å²) in [5.74, 6) is 0.958. The highest BCUT2D eigenvalue weighted by atomic mass is 16.3. The lowest BCUT2D eigenvalue weighted by atomic mass is 10.2. The number of anilines is 1. The van der Waals surface area contributed by atoms with E-state index < -0.39 is 0 Å². The monoisotopic (exact) mass is 221 g/mol. The summed E-state index contributed by atoms with van der Waals surface area (Å²) in [7, 11) is 1.84. The maximum Gasteiger partial charge on any atom is 0.163 e. The fraction of sp³-hybridized carbons (Fsp3) is 0.500. The van der Waals surface area contributed by atoms with Crippen LogP contribution in [-0.4, -0.2) is 38.0 Å². The Labute approximate surface area is 93.3 Å². The lowest BCUT2D eigenvalue weighted by Gasteiger charge is -2.10. The molecule has 2 heterocycles. The molecule has 0 spiro atoms. The van der Waals surface area contributed by atoms with Crippen LogP contribution in [-0.2, 0) is 7.05 Å². The van der Waals surface area contributed by atoms with Gasteiger partial charge in [0.05, 0.1) is 11.6 Å². The Hall–Kier alpha value is -1.69. The first kappa shape index (κ1) is 10.8. The van der Waals surface area contributed by atoms with E-state index in [1.165, 1.54) is 6.33 Å². The van der Waals surface area contributed by atoms with Crippen molar-refractivity contribution in [3.63, 3.8) is 0 Å². The van der Waals surface area contributed by atoms with E-state index in [1.807, 2.05) is 14.0 Å². The predicted octanol–water partition coefficient (Wildman–Crippen LogP) is 0.404. The van der Waals surface area contributed by atoms with Gasteiger partial charge in [-0.2, -0.15) is 5.10 Å². The number of nitrogens with zero attached hydrogens (tertiary/aromatic N) is 4. The van der Waals surface area contributed by atoms with Crippen molar-refractivity contribution in [3.05, 3.63) is 12.5 Å². The molecule has 0 radical (unpaired) electrons. The van der Waals surface area contributed by atoms with Gasteiger partial charge in [-0.15, -0.1) is 0 Å². The molecule has 0 aliphatic rings. The van der Waals surface area contributed by atoms with E-state index in [9.17, 15) is 0 Å². The summed E-state index contributed by atoms with van der Waals surface area (Å²) in [5.41, 5.74) is 0.800. The first-order chi connectivity index (χ1) is 7.72. The van der Waals surface area contributed by atoms with E-state index in [2.05, 4.69) is 20.4 Å². The molecule has 2 aromatic rings. The van der Waals surface area contributed by atoms with Gasteiger partial charge in [-0.25, -0.2) is 9.97 Å². The van der Waals surface area contributed by atoms with E-state index in [0.29, 0.717) is 6.54 Å². The molecule has 0 aliphatic carbocycles. The smallest absolute Gasteiger partial charge is 0.163 e. The molecule has 0 fully saturated rings. The van der Waals surface area contributed by atoms with Gasteiger partial charge in [0, 0.05) is 20.2 Å². The highest BCUT2D eigenvalue weighted by Crippen LogP contribution is 2.17. The average molecular weight is 221 g/mol. The average Bonchev–Trinajstić information content (AvgIpc) is 2.69. The van der Waals surface area contributed by atoms with Crippen LogP contribution in [0.2, 0.25) is 0 Å². The Bertz CT molecular complexity index is 481. The van der Waals surface area contributed by atoms with Crippen molar-refractivity contribution >= 4 is 16.9 Å². The Morgan fingerprint density at radius 3 is 3.06 bits per heavy atom. The Morgan fingerprint density at radius 1 is 1.50 bits per heavy atom. The lowest BCUT2D eigenvalue weighted by Crippen LogP contribution is -2.15. The van der Waals surface area contributed by atoms with Gasteiger partial charge in [-0.1, -0.05) is 6.92 Å². The van der Waals surface area contributed by atoms with Crippen molar-refractivity contribution in [3.8, 4) is 0 Å². The van der Waals surface area contributed by atoms with Crippen molar-refractivity contribution in [2.45, 2.75) is 6.92 Å². The largest absolute Gasteiger partial charge is 0.396 e. The molecule has 6 heteroatoms. The minimum absolute atomic E-state index is 0.161. The van der Waals surface area contributed by atoms with Gasteiger partial charge in [-0.3, -0.25) is 4.68 Å². The van der Waals surface area contributed by atoms with Crippen molar-refractivity contribution in [1.29, 1.82) is 0 Å². The quantitative estimate of drug-likeness (QED) is 0.781. The molecule has 86 valence electrons. The Balaban J connectivity index is 2.24. The molecule has 0 amide bonds. The van der Waals surface area contributed by atoms with Crippen LogP contribution >= 0.6 is 0 Å². The third-order valence-electron chi connectivity index (χ3n) is 2.46. The predicted molar refractivity (Wildman–Crippen MR) is 61.0 cm³/mol. The number of aliphatic hydroxyl groups excluding tert-OH is 1.